The Morgan fingerprint density at radius 1 is 1.21 bits per heavy atom. The molecule has 2 aliphatic rings. The van der Waals surface area contributed by atoms with Crippen LogP contribution in [0, 0.1) is 0 Å². The van der Waals surface area contributed by atoms with Gasteiger partial charge in [-0.15, -0.1) is 0 Å². The lowest BCUT2D eigenvalue weighted by Crippen LogP contribution is -2.39. The predicted octanol–water partition coefficient (Wildman–Crippen LogP) is 2.70. The second kappa shape index (κ2) is 7.83. The topological polar surface area (TPSA) is 71.8 Å². The van der Waals surface area contributed by atoms with Crippen LogP contribution in [0.1, 0.15) is 61.5 Å². The first-order chi connectivity index (χ1) is 11.6. The van der Waals surface area contributed by atoms with Crippen LogP contribution < -0.4 is 0 Å². The second-order valence-corrected chi connectivity index (χ2v) is 6.75. The normalized spacial score (nSPS) is 22.5. The molecule has 1 amide bonds. The van der Waals surface area contributed by atoms with Crippen molar-refractivity contribution in [3.05, 3.63) is 24.0 Å². The van der Waals surface area contributed by atoms with E-state index in [0.717, 1.165) is 38.7 Å². The number of hydrogen-bond donors (Lipinski definition) is 1. The van der Waals surface area contributed by atoms with Crippen molar-refractivity contribution >= 4 is 11.9 Å². The van der Waals surface area contributed by atoms with E-state index in [4.69, 9.17) is 4.74 Å². The van der Waals surface area contributed by atoms with Gasteiger partial charge < -0.3 is 19.3 Å². The van der Waals surface area contributed by atoms with E-state index in [1.165, 1.54) is 6.42 Å². The lowest BCUT2D eigenvalue weighted by molar-refractivity contribution is -0.133. The minimum atomic E-state index is -0.897. The van der Waals surface area contributed by atoms with Gasteiger partial charge in [-0.3, -0.25) is 4.79 Å². The van der Waals surface area contributed by atoms with E-state index in [-0.39, 0.29) is 18.1 Å². The maximum atomic E-state index is 12.4. The summed E-state index contributed by atoms with van der Waals surface area (Å²) in [6.07, 6.45) is 8.47. The van der Waals surface area contributed by atoms with E-state index in [1.54, 1.807) is 12.1 Å². The SMILES string of the molecule is O=C(O)c1cccn1C1CCN(C(=O)CC[C@@H]2CCCCO2)CC1. The molecule has 0 radical (unpaired) electrons. The van der Waals surface area contributed by atoms with Crippen LogP contribution in [-0.2, 0) is 9.53 Å². The monoisotopic (exact) mass is 334 g/mol. The molecule has 2 saturated heterocycles. The molecule has 1 atom stereocenters. The molecule has 1 N–H and O–H groups in total. The Hall–Kier alpha value is -1.82. The van der Waals surface area contributed by atoms with Crippen LogP contribution in [0.25, 0.3) is 0 Å². The lowest BCUT2D eigenvalue weighted by atomic mass is 10.0. The van der Waals surface area contributed by atoms with Gasteiger partial charge in [-0.1, -0.05) is 0 Å². The summed E-state index contributed by atoms with van der Waals surface area (Å²) in [4.78, 5) is 25.5. The van der Waals surface area contributed by atoms with Crippen LogP contribution in [0.4, 0.5) is 0 Å². The first-order valence-corrected chi connectivity index (χ1v) is 8.94. The number of piperidine rings is 1. The minimum absolute atomic E-state index is 0.164. The molecule has 0 aliphatic carbocycles. The fraction of sp³-hybridized carbons (Fsp3) is 0.667. The van der Waals surface area contributed by atoms with Crippen molar-refractivity contribution in [1.29, 1.82) is 0 Å². The number of likely N-dealkylation sites (tertiary alicyclic amines) is 1. The van der Waals surface area contributed by atoms with Gasteiger partial charge in [-0.25, -0.2) is 4.79 Å². The summed E-state index contributed by atoms with van der Waals surface area (Å²) >= 11 is 0. The maximum Gasteiger partial charge on any atom is 0.352 e. The molecule has 1 aromatic heterocycles. The van der Waals surface area contributed by atoms with Crippen LogP contribution in [-0.4, -0.2) is 52.3 Å². The van der Waals surface area contributed by atoms with Crippen molar-refractivity contribution in [3.8, 4) is 0 Å². The molecule has 6 heteroatoms. The zero-order chi connectivity index (χ0) is 16.9. The summed E-state index contributed by atoms with van der Waals surface area (Å²) in [6, 6.07) is 3.56. The number of amides is 1. The highest BCUT2D eigenvalue weighted by Crippen LogP contribution is 2.25. The molecule has 0 unspecified atom stereocenters. The third-order valence-corrected chi connectivity index (χ3v) is 5.16. The van der Waals surface area contributed by atoms with E-state index in [0.29, 0.717) is 25.2 Å². The van der Waals surface area contributed by atoms with Crippen molar-refractivity contribution in [2.24, 2.45) is 0 Å². The number of carbonyl (C=O) groups is 2. The maximum absolute atomic E-state index is 12.4. The number of rotatable bonds is 5. The smallest absolute Gasteiger partial charge is 0.352 e. The Bertz CT molecular complexity index is 569. The van der Waals surface area contributed by atoms with Gasteiger partial charge in [-0.05, 0) is 50.7 Å². The lowest BCUT2D eigenvalue weighted by Gasteiger charge is -2.33. The van der Waals surface area contributed by atoms with Gasteiger partial charge >= 0.3 is 5.97 Å². The quantitative estimate of drug-likeness (QED) is 0.899. The highest BCUT2D eigenvalue weighted by molar-refractivity contribution is 5.85. The van der Waals surface area contributed by atoms with E-state index < -0.39 is 5.97 Å². The average Bonchev–Trinajstić information content (AvgIpc) is 3.11. The van der Waals surface area contributed by atoms with E-state index >= 15 is 0 Å². The molecule has 0 bridgehead atoms. The first-order valence-electron chi connectivity index (χ1n) is 8.94. The number of carboxylic acid groups (broad SMARTS) is 1. The Labute approximate surface area is 142 Å². The van der Waals surface area contributed by atoms with E-state index in [2.05, 4.69) is 0 Å². The van der Waals surface area contributed by atoms with Crippen LogP contribution in [0.2, 0.25) is 0 Å². The van der Waals surface area contributed by atoms with Gasteiger partial charge in [0.25, 0.3) is 0 Å². The summed E-state index contributed by atoms with van der Waals surface area (Å²) in [7, 11) is 0. The molecule has 3 heterocycles. The Morgan fingerprint density at radius 2 is 2.00 bits per heavy atom. The molecule has 1 aromatic rings. The first kappa shape index (κ1) is 17.0. The fourth-order valence-electron chi connectivity index (χ4n) is 3.76. The minimum Gasteiger partial charge on any atom is -0.477 e. The molecule has 2 fully saturated rings. The van der Waals surface area contributed by atoms with Gasteiger partial charge in [0.05, 0.1) is 6.10 Å². The Kier molecular flexibility index (Phi) is 5.56. The summed E-state index contributed by atoms with van der Waals surface area (Å²) in [5.41, 5.74) is 0.328. The molecular formula is C18H26N2O4. The third-order valence-electron chi connectivity index (χ3n) is 5.16. The Morgan fingerprint density at radius 3 is 2.67 bits per heavy atom. The van der Waals surface area contributed by atoms with Gasteiger partial charge in [0.1, 0.15) is 5.69 Å². The second-order valence-electron chi connectivity index (χ2n) is 6.75. The molecule has 0 aromatic carbocycles. The van der Waals surface area contributed by atoms with Gasteiger partial charge in [-0.2, -0.15) is 0 Å². The van der Waals surface area contributed by atoms with Crippen LogP contribution in [0.3, 0.4) is 0 Å². The number of carbonyl (C=O) groups excluding carboxylic acids is 1. The number of aromatic carboxylic acids is 1. The van der Waals surface area contributed by atoms with Crippen LogP contribution in [0.5, 0.6) is 0 Å². The van der Waals surface area contributed by atoms with Crippen molar-refractivity contribution in [1.82, 2.24) is 9.47 Å². The van der Waals surface area contributed by atoms with E-state index in [9.17, 15) is 14.7 Å². The largest absolute Gasteiger partial charge is 0.477 e. The number of nitrogens with zero attached hydrogens (tertiary/aromatic N) is 2. The van der Waals surface area contributed by atoms with Gasteiger partial charge in [0.2, 0.25) is 5.91 Å². The molecule has 0 spiro atoms. The molecule has 0 saturated carbocycles. The highest BCUT2D eigenvalue weighted by Gasteiger charge is 2.26. The molecule has 24 heavy (non-hydrogen) atoms. The summed E-state index contributed by atoms with van der Waals surface area (Å²) in [5.74, 6) is -0.695. The van der Waals surface area contributed by atoms with Crippen molar-refractivity contribution in [2.75, 3.05) is 19.7 Å². The molecular weight excluding hydrogens is 308 g/mol. The predicted molar refractivity (Wildman–Crippen MR) is 89.1 cm³/mol. The van der Waals surface area contributed by atoms with Crippen molar-refractivity contribution in [2.45, 2.75) is 57.1 Å². The zero-order valence-corrected chi connectivity index (χ0v) is 14.0. The van der Waals surface area contributed by atoms with Crippen LogP contribution >= 0.6 is 0 Å². The molecule has 6 nitrogen and oxygen atoms in total. The summed E-state index contributed by atoms with van der Waals surface area (Å²) in [6.45, 7) is 2.23. The zero-order valence-electron chi connectivity index (χ0n) is 14.0. The third kappa shape index (κ3) is 3.98. The molecule has 3 rings (SSSR count). The molecule has 132 valence electrons. The van der Waals surface area contributed by atoms with Crippen LogP contribution in [0.15, 0.2) is 18.3 Å². The van der Waals surface area contributed by atoms with Crippen molar-refractivity contribution in [3.63, 3.8) is 0 Å². The number of hydrogen-bond acceptors (Lipinski definition) is 3. The fourth-order valence-corrected chi connectivity index (χ4v) is 3.76. The number of carboxylic acids is 1. The van der Waals surface area contributed by atoms with Gasteiger partial charge in [0.15, 0.2) is 0 Å². The standard InChI is InChI=1S/C18H26N2O4/c21-17(7-6-15-4-1-2-13-24-15)19-11-8-14(9-12-19)20-10-3-5-16(20)18(22)23/h3,5,10,14-15H,1-2,4,6-9,11-13H2,(H,22,23)/t15-/m0/s1. The van der Waals surface area contributed by atoms with E-state index in [1.807, 2.05) is 15.7 Å². The van der Waals surface area contributed by atoms with Gasteiger partial charge in [0, 0.05) is 38.4 Å². The average molecular weight is 334 g/mol. The Balaban J connectivity index is 1.46. The summed E-state index contributed by atoms with van der Waals surface area (Å²) < 4.78 is 7.52. The molecule has 2 aliphatic heterocycles. The number of aromatic nitrogens is 1. The highest BCUT2D eigenvalue weighted by atomic mass is 16.5. The van der Waals surface area contributed by atoms with Crippen molar-refractivity contribution < 1.29 is 19.4 Å². The summed E-state index contributed by atoms with van der Waals surface area (Å²) in [5, 5.41) is 9.22. The number of ether oxygens (including phenoxy) is 1.